The highest BCUT2D eigenvalue weighted by Gasteiger charge is 2.20. The molecular formula is C12H10N2O5. The number of aromatic nitrogens is 1. The van der Waals surface area contributed by atoms with Crippen LogP contribution in [0.5, 0.6) is 0 Å². The van der Waals surface area contributed by atoms with Crippen molar-refractivity contribution < 1.29 is 18.9 Å². The van der Waals surface area contributed by atoms with Gasteiger partial charge in [0.05, 0.1) is 11.5 Å². The summed E-state index contributed by atoms with van der Waals surface area (Å²) >= 11 is 0. The van der Waals surface area contributed by atoms with Gasteiger partial charge >= 0.3 is 5.97 Å². The van der Waals surface area contributed by atoms with Crippen molar-refractivity contribution in [2.24, 2.45) is 0 Å². The van der Waals surface area contributed by atoms with Crippen molar-refractivity contribution in [2.75, 3.05) is 6.61 Å². The number of hydrogen-bond acceptors (Lipinski definition) is 6. The fraction of sp³-hybridized carbons (Fsp3) is 0.167. The molecule has 98 valence electrons. The fourth-order valence-corrected chi connectivity index (χ4v) is 1.51. The number of para-hydroxylation sites is 1. The summed E-state index contributed by atoms with van der Waals surface area (Å²) in [7, 11) is 0. The lowest BCUT2D eigenvalue weighted by Crippen LogP contribution is -2.04. The Labute approximate surface area is 108 Å². The third-order valence-corrected chi connectivity index (χ3v) is 2.32. The molecule has 7 nitrogen and oxygen atoms in total. The van der Waals surface area contributed by atoms with Crippen LogP contribution < -0.4 is 0 Å². The maximum absolute atomic E-state index is 11.4. The van der Waals surface area contributed by atoms with Gasteiger partial charge in [0.25, 0.3) is 5.69 Å². The summed E-state index contributed by atoms with van der Waals surface area (Å²) in [6.07, 6.45) is 1.12. The number of esters is 1. The molecule has 0 unspecified atom stereocenters. The largest absolute Gasteiger partial charge is 0.461 e. The lowest BCUT2D eigenvalue weighted by atomic mass is 10.2. The predicted octanol–water partition coefficient (Wildman–Crippen LogP) is 2.43. The molecule has 0 bridgehead atoms. The lowest BCUT2D eigenvalue weighted by Gasteiger charge is -1.97. The Balaban J connectivity index is 2.38. The zero-order valence-electron chi connectivity index (χ0n) is 10.0. The highest BCUT2D eigenvalue weighted by atomic mass is 16.6. The molecule has 2 rings (SSSR count). The molecular weight excluding hydrogens is 252 g/mol. The maximum atomic E-state index is 11.4. The molecule has 1 aromatic heterocycles. The third-order valence-electron chi connectivity index (χ3n) is 2.32. The van der Waals surface area contributed by atoms with Crippen molar-refractivity contribution in [3.8, 4) is 11.5 Å². The summed E-state index contributed by atoms with van der Waals surface area (Å²) in [5.41, 5.74) is 0.0535. The van der Waals surface area contributed by atoms with Gasteiger partial charge in [-0.15, -0.1) is 0 Å². The average Bonchev–Trinajstić information content (AvgIpc) is 2.88. The average molecular weight is 262 g/mol. The van der Waals surface area contributed by atoms with Gasteiger partial charge in [-0.3, -0.25) is 10.1 Å². The Kier molecular flexibility index (Phi) is 3.56. The molecule has 0 saturated heterocycles. The fourth-order valence-electron chi connectivity index (χ4n) is 1.51. The minimum absolute atomic E-state index is 0.00959. The first-order valence-corrected chi connectivity index (χ1v) is 5.50. The van der Waals surface area contributed by atoms with E-state index < -0.39 is 10.9 Å². The van der Waals surface area contributed by atoms with Crippen molar-refractivity contribution in [2.45, 2.75) is 6.92 Å². The summed E-state index contributed by atoms with van der Waals surface area (Å²) in [4.78, 5) is 25.7. The van der Waals surface area contributed by atoms with E-state index in [1.165, 1.54) is 18.2 Å². The third kappa shape index (κ3) is 2.59. The van der Waals surface area contributed by atoms with E-state index in [0.29, 0.717) is 0 Å². The van der Waals surface area contributed by atoms with Crippen LogP contribution in [0.2, 0.25) is 0 Å². The molecule has 0 fully saturated rings. The smallest absolute Gasteiger partial charge is 0.360 e. The van der Waals surface area contributed by atoms with Crippen molar-refractivity contribution in [1.82, 2.24) is 4.98 Å². The second-order valence-corrected chi connectivity index (χ2v) is 3.53. The number of nitro groups is 1. The molecule has 0 N–H and O–H groups in total. The Morgan fingerprint density at radius 3 is 2.89 bits per heavy atom. The van der Waals surface area contributed by atoms with Gasteiger partial charge in [-0.1, -0.05) is 12.1 Å². The van der Waals surface area contributed by atoms with Gasteiger partial charge in [-0.25, -0.2) is 9.78 Å². The van der Waals surface area contributed by atoms with E-state index in [1.807, 2.05) is 0 Å². The van der Waals surface area contributed by atoms with Crippen molar-refractivity contribution in [1.29, 1.82) is 0 Å². The molecule has 0 amide bonds. The van der Waals surface area contributed by atoms with E-state index >= 15 is 0 Å². The van der Waals surface area contributed by atoms with Gasteiger partial charge < -0.3 is 9.15 Å². The summed E-state index contributed by atoms with van der Waals surface area (Å²) in [5, 5.41) is 10.9. The SMILES string of the molecule is CCOC(=O)c1coc(-c2ccccc2[N+](=O)[O-])n1. The molecule has 0 aliphatic rings. The van der Waals surface area contributed by atoms with Gasteiger partial charge in [0.2, 0.25) is 5.89 Å². The van der Waals surface area contributed by atoms with Crippen LogP contribution in [0, 0.1) is 10.1 Å². The molecule has 0 aliphatic carbocycles. The maximum Gasteiger partial charge on any atom is 0.360 e. The lowest BCUT2D eigenvalue weighted by molar-refractivity contribution is -0.384. The number of rotatable bonds is 4. The van der Waals surface area contributed by atoms with E-state index in [2.05, 4.69) is 4.98 Å². The normalized spacial score (nSPS) is 10.2. The second-order valence-electron chi connectivity index (χ2n) is 3.53. The van der Waals surface area contributed by atoms with E-state index in [0.717, 1.165) is 6.26 Å². The van der Waals surface area contributed by atoms with Crippen LogP contribution in [0.25, 0.3) is 11.5 Å². The molecule has 2 aromatic rings. The van der Waals surface area contributed by atoms with Crippen molar-refractivity contribution in [3.63, 3.8) is 0 Å². The van der Waals surface area contributed by atoms with Crippen molar-refractivity contribution in [3.05, 3.63) is 46.3 Å². The number of carbonyl (C=O) groups excluding carboxylic acids is 1. The number of carbonyl (C=O) groups is 1. The summed E-state index contributed by atoms with van der Waals surface area (Å²) in [5.74, 6) is -0.619. The molecule has 0 atom stereocenters. The van der Waals surface area contributed by atoms with Crippen LogP contribution in [0.4, 0.5) is 5.69 Å². The van der Waals surface area contributed by atoms with E-state index in [4.69, 9.17) is 9.15 Å². The van der Waals surface area contributed by atoms with Crippen LogP contribution in [-0.2, 0) is 4.74 Å². The van der Waals surface area contributed by atoms with E-state index in [-0.39, 0.29) is 29.4 Å². The van der Waals surface area contributed by atoms with Crippen LogP contribution in [0.3, 0.4) is 0 Å². The summed E-state index contributed by atoms with van der Waals surface area (Å²) in [6.45, 7) is 1.88. The van der Waals surface area contributed by atoms with Gasteiger partial charge in [0, 0.05) is 6.07 Å². The zero-order chi connectivity index (χ0) is 13.8. The Hall–Kier alpha value is -2.70. The van der Waals surface area contributed by atoms with Gasteiger partial charge in [-0.2, -0.15) is 0 Å². The van der Waals surface area contributed by atoms with Crippen LogP contribution >= 0.6 is 0 Å². The van der Waals surface area contributed by atoms with Gasteiger partial charge in [0.15, 0.2) is 5.69 Å². The Morgan fingerprint density at radius 2 is 2.21 bits per heavy atom. The molecule has 1 aromatic carbocycles. The molecule has 1 heterocycles. The molecule has 7 heteroatoms. The topological polar surface area (TPSA) is 95.5 Å². The zero-order valence-corrected chi connectivity index (χ0v) is 10.0. The predicted molar refractivity (Wildman–Crippen MR) is 64.5 cm³/mol. The number of oxazole rings is 1. The monoisotopic (exact) mass is 262 g/mol. The minimum atomic E-state index is -0.629. The van der Waals surface area contributed by atoms with Gasteiger partial charge in [0.1, 0.15) is 11.8 Å². The van der Waals surface area contributed by atoms with Crippen molar-refractivity contribution >= 4 is 11.7 Å². The number of nitro benzene ring substituents is 1. The minimum Gasteiger partial charge on any atom is -0.461 e. The standard InChI is InChI=1S/C12H10N2O5/c1-2-18-12(15)9-7-19-11(13-9)8-5-3-4-6-10(8)14(16)17/h3-7H,2H2,1H3. The first-order chi connectivity index (χ1) is 9.13. The number of benzene rings is 1. The van der Waals surface area contributed by atoms with Crippen LogP contribution in [-0.4, -0.2) is 22.5 Å². The summed E-state index contributed by atoms with van der Waals surface area (Å²) in [6, 6.07) is 6.00. The van der Waals surface area contributed by atoms with Crippen LogP contribution in [0.1, 0.15) is 17.4 Å². The quantitative estimate of drug-likeness (QED) is 0.477. The molecule has 0 saturated carbocycles. The highest BCUT2D eigenvalue weighted by molar-refractivity contribution is 5.87. The molecule has 0 spiro atoms. The first kappa shape index (κ1) is 12.7. The van der Waals surface area contributed by atoms with E-state index in [9.17, 15) is 14.9 Å². The Bertz CT molecular complexity index is 620. The molecule has 0 radical (unpaired) electrons. The first-order valence-electron chi connectivity index (χ1n) is 5.50. The molecule has 0 aliphatic heterocycles. The van der Waals surface area contributed by atoms with Crippen LogP contribution in [0.15, 0.2) is 34.9 Å². The number of ether oxygens (including phenoxy) is 1. The second kappa shape index (κ2) is 5.30. The van der Waals surface area contributed by atoms with Gasteiger partial charge in [-0.05, 0) is 13.0 Å². The summed E-state index contributed by atoms with van der Waals surface area (Å²) < 4.78 is 9.85. The van der Waals surface area contributed by atoms with E-state index in [1.54, 1.807) is 13.0 Å². The molecule has 19 heavy (non-hydrogen) atoms. The number of hydrogen-bond donors (Lipinski definition) is 0. The Morgan fingerprint density at radius 1 is 1.47 bits per heavy atom. The number of nitrogens with zero attached hydrogens (tertiary/aromatic N) is 2. The highest BCUT2D eigenvalue weighted by Crippen LogP contribution is 2.28.